The van der Waals surface area contributed by atoms with Crippen molar-refractivity contribution in [2.45, 2.75) is 17.4 Å². The number of halogens is 4. The van der Waals surface area contributed by atoms with Gasteiger partial charge in [0, 0.05) is 12.0 Å². The third-order valence-electron chi connectivity index (χ3n) is 4.71. The van der Waals surface area contributed by atoms with Crippen LogP contribution in [0, 0.1) is 5.92 Å². The average Bonchev–Trinajstić information content (AvgIpc) is 3.36. The van der Waals surface area contributed by atoms with Gasteiger partial charge in [0.05, 0.1) is 37.1 Å². The van der Waals surface area contributed by atoms with Crippen LogP contribution < -0.4 is 9.47 Å². The summed E-state index contributed by atoms with van der Waals surface area (Å²) in [6.45, 7) is 0.463. The zero-order valence-electron chi connectivity index (χ0n) is 16.8. The van der Waals surface area contributed by atoms with Crippen molar-refractivity contribution >= 4 is 57.9 Å². The minimum Gasteiger partial charge on any atom is -0.503 e. The molecule has 1 aliphatic rings. The fourth-order valence-corrected chi connectivity index (χ4v) is 3.88. The van der Waals surface area contributed by atoms with Gasteiger partial charge in [0.25, 0.3) is 0 Å². The molecule has 0 bridgehead atoms. The molecule has 5 nitrogen and oxygen atoms in total. The van der Waals surface area contributed by atoms with Crippen molar-refractivity contribution in [3.63, 3.8) is 0 Å². The molecule has 0 saturated heterocycles. The molecular weight excluding hydrogens is 486 g/mol. The van der Waals surface area contributed by atoms with Crippen LogP contribution in [0.15, 0.2) is 42.7 Å². The lowest BCUT2D eigenvalue weighted by Gasteiger charge is -2.15. The van der Waals surface area contributed by atoms with Gasteiger partial charge in [-0.15, -0.1) is 23.2 Å². The number of rotatable bonds is 9. The average molecular weight is 506 g/mol. The van der Waals surface area contributed by atoms with Gasteiger partial charge in [0.1, 0.15) is 28.0 Å². The highest BCUT2D eigenvalue weighted by Gasteiger charge is 2.52. The summed E-state index contributed by atoms with van der Waals surface area (Å²) in [5.41, 5.74) is 1.62. The number of benzene rings is 2. The first-order chi connectivity index (χ1) is 14.8. The molecule has 2 aromatic rings. The van der Waals surface area contributed by atoms with Gasteiger partial charge in [-0.2, -0.15) is 0 Å². The van der Waals surface area contributed by atoms with Gasteiger partial charge in [-0.25, -0.2) is 4.79 Å². The van der Waals surface area contributed by atoms with Crippen LogP contribution in [0.4, 0.5) is 0 Å². The quantitative estimate of drug-likeness (QED) is 0.173. The van der Waals surface area contributed by atoms with Crippen LogP contribution in [0.1, 0.15) is 17.5 Å². The smallest absolute Gasteiger partial charge is 0.341 e. The Morgan fingerprint density at radius 2 is 1.74 bits per heavy atom. The largest absolute Gasteiger partial charge is 0.503 e. The molecule has 3 rings (SSSR count). The number of hydrogen-bond acceptors (Lipinski definition) is 5. The molecule has 0 N–H and O–H groups in total. The Balaban J connectivity index is 1.78. The normalized spacial score (nSPS) is 17.1. The van der Waals surface area contributed by atoms with Crippen LogP contribution in [-0.2, 0) is 20.9 Å². The number of carbonyl (C=O) groups is 1. The highest BCUT2D eigenvalue weighted by atomic mass is 35.5. The van der Waals surface area contributed by atoms with Crippen LogP contribution >= 0.6 is 46.4 Å². The molecule has 0 heterocycles. The molecule has 2 aromatic carbocycles. The van der Waals surface area contributed by atoms with Gasteiger partial charge in [-0.1, -0.05) is 47.5 Å². The molecule has 31 heavy (non-hydrogen) atoms. The zero-order valence-corrected chi connectivity index (χ0v) is 19.8. The summed E-state index contributed by atoms with van der Waals surface area (Å²) in [5.74, 6) is 0.317. The molecule has 0 radical (unpaired) electrons. The molecule has 1 aliphatic carbocycles. The van der Waals surface area contributed by atoms with Crippen molar-refractivity contribution in [2.75, 3.05) is 20.8 Å². The first-order valence-electron chi connectivity index (χ1n) is 9.28. The van der Waals surface area contributed by atoms with Crippen LogP contribution in [0.3, 0.4) is 0 Å². The molecule has 1 atom stereocenters. The summed E-state index contributed by atoms with van der Waals surface area (Å²) in [6, 6.07) is 10.4. The van der Waals surface area contributed by atoms with Crippen molar-refractivity contribution in [1.82, 2.24) is 0 Å². The molecule has 1 unspecified atom stereocenters. The van der Waals surface area contributed by atoms with E-state index in [1.54, 1.807) is 24.3 Å². The van der Waals surface area contributed by atoms with Crippen LogP contribution in [-0.4, -0.2) is 31.1 Å². The molecular formula is C22H20Cl4O5. The van der Waals surface area contributed by atoms with E-state index < -0.39 is 10.3 Å². The topological polar surface area (TPSA) is 54.0 Å². The van der Waals surface area contributed by atoms with E-state index in [9.17, 15) is 4.79 Å². The van der Waals surface area contributed by atoms with Crippen molar-refractivity contribution < 1.29 is 23.7 Å². The standard InChI is InChI=1S/C22H20Cl4O5/c1-28-12-16(21(27)29-2)15-6-4-3-5-13(15)10-30-19-8-20(18(24)7-17(19)23)31-11-14-9-22(14,25)26/h3-8,12,14H,9-11H2,1-2H3/b16-12+. The lowest BCUT2D eigenvalue weighted by atomic mass is 10.0. The number of ether oxygens (including phenoxy) is 4. The summed E-state index contributed by atoms with van der Waals surface area (Å²) in [7, 11) is 2.76. The number of methoxy groups -OCH3 is 2. The van der Waals surface area contributed by atoms with Gasteiger partial charge in [0.2, 0.25) is 0 Å². The van der Waals surface area contributed by atoms with Crippen molar-refractivity contribution in [1.29, 1.82) is 0 Å². The maximum Gasteiger partial charge on any atom is 0.341 e. The molecule has 0 aromatic heterocycles. The van der Waals surface area contributed by atoms with E-state index >= 15 is 0 Å². The predicted molar refractivity (Wildman–Crippen MR) is 122 cm³/mol. The molecule has 0 amide bonds. The summed E-state index contributed by atoms with van der Waals surface area (Å²) in [6.07, 6.45) is 2.00. The molecule has 0 spiro atoms. The monoisotopic (exact) mass is 504 g/mol. The second kappa shape index (κ2) is 10.2. The summed E-state index contributed by atoms with van der Waals surface area (Å²) >= 11 is 24.6. The first kappa shape index (κ1) is 23.9. The van der Waals surface area contributed by atoms with Gasteiger partial charge < -0.3 is 18.9 Å². The Morgan fingerprint density at radius 1 is 1.10 bits per heavy atom. The van der Waals surface area contributed by atoms with E-state index in [0.717, 1.165) is 5.56 Å². The van der Waals surface area contributed by atoms with E-state index in [1.165, 1.54) is 20.5 Å². The molecule has 0 aliphatic heterocycles. The highest BCUT2D eigenvalue weighted by Crippen LogP contribution is 2.53. The Hall–Kier alpha value is -1.79. The molecule has 166 valence electrons. The maximum absolute atomic E-state index is 12.2. The second-order valence-electron chi connectivity index (χ2n) is 6.89. The van der Waals surface area contributed by atoms with Crippen LogP contribution in [0.2, 0.25) is 10.0 Å². The number of alkyl halides is 2. The van der Waals surface area contributed by atoms with Crippen molar-refractivity contribution in [3.05, 3.63) is 63.8 Å². The van der Waals surface area contributed by atoms with Crippen molar-refractivity contribution in [3.8, 4) is 11.5 Å². The number of esters is 1. The molecule has 1 fully saturated rings. The van der Waals surface area contributed by atoms with Gasteiger partial charge in [0.15, 0.2) is 0 Å². The lowest BCUT2D eigenvalue weighted by molar-refractivity contribution is -0.133. The lowest BCUT2D eigenvalue weighted by Crippen LogP contribution is -2.08. The Morgan fingerprint density at radius 3 is 2.35 bits per heavy atom. The van der Waals surface area contributed by atoms with Crippen LogP contribution in [0.25, 0.3) is 5.57 Å². The van der Waals surface area contributed by atoms with E-state index in [1.807, 2.05) is 12.1 Å². The van der Waals surface area contributed by atoms with E-state index in [0.29, 0.717) is 40.1 Å². The van der Waals surface area contributed by atoms with Crippen molar-refractivity contribution in [2.24, 2.45) is 5.92 Å². The highest BCUT2D eigenvalue weighted by molar-refractivity contribution is 6.50. The van der Waals surface area contributed by atoms with E-state index in [4.69, 9.17) is 65.4 Å². The van der Waals surface area contributed by atoms with Crippen LogP contribution in [0.5, 0.6) is 11.5 Å². The maximum atomic E-state index is 12.2. The summed E-state index contributed by atoms with van der Waals surface area (Å²) in [5, 5.41) is 0.676. The second-order valence-corrected chi connectivity index (χ2v) is 9.25. The van der Waals surface area contributed by atoms with Gasteiger partial charge in [-0.05, 0) is 23.6 Å². The first-order valence-corrected chi connectivity index (χ1v) is 10.8. The third kappa shape index (κ3) is 5.92. The van der Waals surface area contributed by atoms with E-state index in [2.05, 4.69) is 0 Å². The number of hydrogen-bond donors (Lipinski definition) is 0. The van der Waals surface area contributed by atoms with E-state index in [-0.39, 0.29) is 18.1 Å². The fraction of sp³-hybridized carbons (Fsp3) is 0.318. The summed E-state index contributed by atoms with van der Waals surface area (Å²) in [4.78, 5) is 12.2. The molecule has 1 saturated carbocycles. The Kier molecular flexibility index (Phi) is 7.87. The number of carbonyl (C=O) groups excluding carboxylic acids is 1. The minimum atomic E-state index is -0.741. The zero-order chi connectivity index (χ0) is 22.6. The SMILES string of the molecule is CO/C=C(/C(=O)OC)c1ccccc1COc1cc(OCC2CC2(Cl)Cl)c(Cl)cc1Cl. The Bertz CT molecular complexity index is 990. The predicted octanol–water partition coefficient (Wildman–Crippen LogP) is 6.31. The molecule has 9 heteroatoms. The summed E-state index contributed by atoms with van der Waals surface area (Å²) < 4.78 is 20.8. The van der Waals surface area contributed by atoms with Gasteiger partial charge >= 0.3 is 5.97 Å². The third-order valence-corrected chi connectivity index (χ3v) is 6.23. The fourth-order valence-electron chi connectivity index (χ4n) is 2.89. The Labute approximate surface area is 200 Å². The van der Waals surface area contributed by atoms with Gasteiger partial charge in [-0.3, -0.25) is 0 Å². The minimum absolute atomic E-state index is 0.0446.